The zero-order valence-electron chi connectivity index (χ0n) is 11.0. The first-order valence-electron chi connectivity index (χ1n) is 6.22. The van der Waals surface area contributed by atoms with E-state index in [0.29, 0.717) is 17.8 Å². The minimum Gasteiger partial charge on any atom is -0.361 e. The molecule has 0 atom stereocenters. The maximum Gasteiger partial charge on any atom is 0.264 e. The summed E-state index contributed by atoms with van der Waals surface area (Å²) < 4.78 is 8.91. The number of nitrogens with one attached hydrogen (secondary N) is 1. The van der Waals surface area contributed by atoms with Crippen molar-refractivity contribution in [2.24, 2.45) is 0 Å². The highest BCUT2D eigenvalue weighted by Gasteiger charge is 2.15. The van der Waals surface area contributed by atoms with E-state index < -0.39 is 0 Å². The summed E-state index contributed by atoms with van der Waals surface area (Å²) in [4.78, 5) is 12.6. The van der Waals surface area contributed by atoms with E-state index in [9.17, 15) is 4.79 Å². The van der Waals surface area contributed by atoms with Crippen LogP contribution in [0.25, 0.3) is 0 Å². The topological polar surface area (TPSA) is 80.9 Å². The highest BCUT2D eigenvalue weighted by atomic mass is 32.1. The molecule has 0 bridgehead atoms. The number of hydrogen-bond donors (Lipinski definition) is 1. The molecule has 1 N–H and O–H groups in total. The van der Waals surface area contributed by atoms with Gasteiger partial charge in [0.2, 0.25) is 0 Å². The zero-order chi connectivity index (χ0) is 13.7. The van der Waals surface area contributed by atoms with Gasteiger partial charge in [0.25, 0.3) is 5.91 Å². The third kappa shape index (κ3) is 3.60. The standard InChI is InChI=1S/C12H16N4O2S/c1-3-4-10-11(19-16-14-10)12(17)13-6-5-9-7-8(2)15-18-9/h7H,3-6H2,1-2H3,(H,13,17). The van der Waals surface area contributed by atoms with Crippen LogP contribution < -0.4 is 5.32 Å². The van der Waals surface area contributed by atoms with Gasteiger partial charge in [0, 0.05) is 19.0 Å². The Kier molecular flexibility index (Phi) is 4.62. The van der Waals surface area contributed by atoms with Crippen LogP contribution in [0.2, 0.25) is 0 Å². The van der Waals surface area contributed by atoms with Crippen LogP contribution in [0.1, 0.15) is 40.2 Å². The SMILES string of the molecule is CCCc1nnsc1C(=O)NCCc1cc(C)no1. The van der Waals surface area contributed by atoms with Crippen molar-refractivity contribution in [2.75, 3.05) is 6.54 Å². The molecule has 0 aliphatic heterocycles. The molecular formula is C12H16N4O2S. The fraction of sp³-hybridized carbons (Fsp3) is 0.500. The molecule has 6 nitrogen and oxygen atoms in total. The molecule has 2 rings (SSSR count). The smallest absolute Gasteiger partial charge is 0.264 e. The normalized spacial score (nSPS) is 10.6. The van der Waals surface area contributed by atoms with Crippen molar-refractivity contribution in [3.8, 4) is 0 Å². The van der Waals surface area contributed by atoms with Gasteiger partial charge in [-0.2, -0.15) is 0 Å². The highest BCUT2D eigenvalue weighted by molar-refractivity contribution is 7.08. The van der Waals surface area contributed by atoms with Crippen molar-refractivity contribution in [1.82, 2.24) is 20.1 Å². The van der Waals surface area contributed by atoms with E-state index in [1.54, 1.807) is 0 Å². The van der Waals surface area contributed by atoms with Crippen LogP contribution in [-0.4, -0.2) is 27.2 Å². The molecule has 102 valence electrons. The lowest BCUT2D eigenvalue weighted by Gasteiger charge is -2.02. The van der Waals surface area contributed by atoms with E-state index in [2.05, 4.69) is 20.1 Å². The molecule has 0 unspecified atom stereocenters. The lowest BCUT2D eigenvalue weighted by Crippen LogP contribution is -2.25. The maximum atomic E-state index is 12.0. The number of aryl methyl sites for hydroxylation is 2. The summed E-state index contributed by atoms with van der Waals surface area (Å²) >= 11 is 1.14. The minimum absolute atomic E-state index is 0.116. The minimum atomic E-state index is -0.116. The number of carbonyl (C=O) groups excluding carboxylic acids is 1. The molecule has 0 fully saturated rings. The van der Waals surface area contributed by atoms with Gasteiger partial charge in [0.1, 0.15) is 10.6 Å². The van der Waals surface area contributed by atoms with Gasteiger partial charge < -0.3 is 9.84 Å². The molecule has 0 saturated carbocycles. The molecule has 7 heteroatoms. The summed E-state index contributed by atoms with van der Waals surface area (Å²) in [6.07, 6.45) is 2.35. The van der Waals surface area contributed by atoms with E-state index in [1.165, 1.54) is 0 Å². The molecule has 0 aromatic carbocycles. The number of nitrogens with zero attached hydrogens (tertiary/aromatic N) is 3. The number of hydrogen-bond acceptors (Lipinski definition) is 6. The Morgan fingerprint density at radius 1 is 1.47 bits per heavy atom. The van der Waals surface area contributed by atoms with Crippen molar-refractivity contribution in [3.05, 3.63) is 28.1 Å². The molecule has 0 aliphatic carbocycles. The van der Waals surface area contributed by atoms with Crippen molar-refractivity contribution < 1.29 is 9.32 Å². The first kappa shape index (κ1) is 13.7. The first-order chi connectivity index (χ1) is 9.20. The lowest BCUT2D eigenvalue weighted by atomic mass is 10.2. The summed E-state index contributed by atoms with van der Waals surface area (Å²) in [6.45, 7) is 4.43. The summed E-state index contributed by atoms with van der Waals surface area (Å²) in [7, 11) is 0. The fourth-order valence-corrected chi connectivity index (χ4v) is 2.32. The monoisotopic (exact) mass is 280 g/mol. The van der Waals surface area contributed by atoms with Crippen LogP contribution in [0.4, 0.5) is 0 Å². The van der Waals surface area contributed by atoms with Crippen molar-refractivity contribution in [1.29, 1.82) is 0 Å². The van der Waals surface area contributed by atoms with Crippen molar-refractivity contribution in [2.45, 2.75) is 33.1 Å². The van der Waals surface area contributed by atoms with Gasteiger partial charge in [-0.25, -0.2) is 0 Å². The van der Waals surface area contributed by atoms with Crippen LogP contribution in [-0.2, 0) is 12.8 Å². The summed E-state index contributed by atoms with van der Waals surface area (Å²) in [5.41, 5.74) is 1.62. The van der Waals surface area contributed by atoms with E-state index in [0.717, 1.165) is 41.5 Å². The molecule has 19 heavy (non-hydrogen) atoms. The maximum absolute atomic E-state index is 12.0. The second kappa shape index (κ2) is 6.42. The summed E-state index contributed by atoms with van der Waals surface area (Å²) in [5, 5.41) is 10.6. The number of amides is 1. The lowest BCUT2D eigenvalue weighted by molar-refractivity contribution is 0.0956. The Balaban J connectivity index is 1.85. The molecular weight excluding hydrogens is 264 g/mol. The summed E-state index contributed by atoms with van der Waals surface area (Å²) in [6, 6.07) is 1.86. The fourth-order valence-electron chi connectivity index (χ4n) is 1.70. The first-order valence-corrected chi connectivity index (χ1v) is 6.99. The van der Waals surface area contributed by atoms with Gasteiger partial charge in [0.15, 0.2) is 0 Å². The largest absolute Gasteiger partial charge is 0.361 e. The van der Waals surface area contributed by atoms with Gasteiger partial charge in [-0.15, -0.1) is 5.10 Å². The van der Waals surface area contributed by atoms with Gasteiger partial charge in [-0.05, 0) is 24.9 Å². The Labute approximate surface area is 115 Å². The number of aromatic nitrogens is 3. The van der Waals surface area contributed by atoms with Gasteiger partial charge in [-0.1, -0.05) is 23.0 Å². The Morgan fingerprint density at radius 3 is 3.00 bits per heavy atom. The third-order valence-corrected chi connectivity index (χ3v) is 3.35. The third-order valence-electron chi connectivity index (χ3n) is 2.58. The average Bonchev–Trinajstić information content (AvgIpc) is 2.99. The molecule has 2 heterocycles. The predicted molar refractivity (Wildman–Crippen MR) is 71.2 cm³/mol. The summed E-state index contributed by atoms with van der Waals surface area (Å²) in [5.74, 6) is 0.656. The van der Waals surface area contributed by atoms with Crippen LogP contribution in [0.3, 0.4) is 0 Å². The number of rotatable bonds is 6. The van der Waals surface area contributed by atoms with Gasteiger partial charge in [0.05, 0.1) is 11.4 Å². The Hall–Kier alpha value is -1.76. The van der Waals surface area contributed by atoms with Gasteiger partial charge >= 0.3 is 0 Å². The highest BCUT2D eigenvalue weighted by Crippen LogP contribution is 2.12. The molecule has 0 aliphatic rings. The van der Waals surface area contributed by atoms with Crippen molar-refractivity contribution in [3.63, 3.8) is 0 Å². The molecule has 1 amide bonds. The molecule has 2 aromatic rings. The van der Waals surface area contributed by atoms with E-state index in [-0.39, 0.29) is 5.91 Å². The molecule has 0 radical (unpaired) electrons. The van der Waals surface area contributed by atoms with E-state index in [1.807, 2.05) is 19.9 Å². The quantitative estimate of drug-likeness (QED) is 0.872. The van der Waals surface area contributed by atoms with Gasteiger partial charge in [-0.3, -0.25) is 4.79 Å². The molecule has 2 aromatic heterocycles. The predicted octanol–water partition coefficient (Wildman–Crippen LogP) is 1.76. The van der Waals surface area contributed by atoms with Crippen LogP contribution >= 0.6 is 11.5 Å². The average molecular weight is 280 g/mol. The van der Waals surface area contributed by atoms with Crippen LogP contribution in [0.5, 0.6) is 0 Å². The number of carbonyl (C=O) groups is 1. The zero-order valence-corrected chi connectivity index (χ0v) is 11.8. The van der Waals surface area contributed by atoms with Crippen LogP contribution in [0.15, 0.2) is 10.6 Å². The second-order valence-corrected chi connectivity index (χ2v) is 4.99. The molecule has 0 spiro atoms. The Bertz CT molecular complexity index is 549. The Morgan fingerprint density at radius 2 is 2.32 bits per heavy atom. The van der Waals surface area contributed by atoms with E-state index >= 15 is 0 Å². The van der Waals surface area contributed by atoms with Crippen LogP contribution in [0, 0.1) is 6.92 Å². The van der Waals surface area contributed by atoms with Crippen molar-refractivity contribution >= 4 is 17.4 Å². The molecule has 0 saturated heterocycles. The van der Waals surface area contributed by atoms with E-state index in [4.69, 9.17) is 4.52 Å². The second-order valence-electron chi connectivity index (χ2n) is 4.24.